The summed E-state index contributed by atoms with van der Waals surface area (Å²) in [5, 5.41) is 3.17. The van der Waals surface area contributed by atoms with Crippen LogP contribution in [0.4, 0.5) is 0 Å². The molecule has 0 unspecified atom stereocenters. The molecule has 0 bridgehead atoms. The highest BCUT2D eigenvalue weighted by Gasteiger charge is 2.54. The van der Waals surface area contributed by atoms with Crippen LogP contribution in [-0.4, -0.2) is 42.9 Å². The van der Waals surface area contributed by atoms with Crippen molar-refractivity contribution in [3.63, 3.8) is 0 Å². The van der Waals surface area contributed by atoms with Gasteiger partial charge in [-0.05, 0) is 67.7 Å². The minimum Gasteiger partial charge on any atom is -0.459 e. The normalized spacial score (nSPS) is 21.4. The molecule has 1 spiro atoms. The monoisotopic (exact) mass is 458 g/mol. The average Bonchev–Trinajstić information content (AvgIpc) is 3.47. The second-order valence-electron chi connectivity index (χ2n) is 9.36. The number of rotatable bonds is 6. The first-order valence-electron chi connectivity index (χ1n) is 11.8. The number of ketones is 1. The molecular weight excluding hydrogens is 428 g/mol. The number of methoxy groups -OCH3 is 1. The summed E-state index contributed by atoms with van der Waals surface area (Å²) in [5.41, 5.74) is 4.14. The number of likely N-dealkylation sites (tertiary alicyclic amines) is 1. The molecule has 1 aromatic heterocycles. The molecule has 34 heavy (non-hydrogen) atoms. The third-order valence-corrected chi connectivity index (χ3v) is 7.45. The van der Waals surface area contributed by atoms with Crippen LogP contribution in [0.1, 0.15) is 63.4 Å². The van der Waals surface area contributed by atoms with E-state index in [9.17, 15) is 9.59 Å². The van der Waals surface area contributed by atoms with E-state index in [4.69, 9.17) is 9.15 Å². The molecule has 2 aliphatic rings. The summed E-state index contributed by atoms with van der Waals surface area (Å²) in [7, 11) is 1.74. The Hall–Kier alpha value is -3.22. The molecule has 2 heterocycles. The van der Waals surface area contributed by atoms with Gasteiger partial charge < -0.3 is 14.5 Å². The predicted octanol–water partition coefficient (Wildman–Crippen LogP) is 4.52. The van der Waals surface area contributed by atoms with Crippen molar-refractivity contribution >= 4 is 11.7 Å². The van der Waals surface area contributed by atoms with E-state index >= 15 is 0 Å². The molecule has 176 valence electrons. The molecule has 1 aliphatic carbocycles. The lowest BCUT2D eigenvalue weighted by Crippen LogP contribution is -2.50. The van der Waals surface area contributed by atoms with Gasteiger partial charge in [-0.15, -0.1) is 0 Å². The second kappa shape index (κ2) is 9.20. The molecule has 1 fully saturated rings. The minimum absolute atomic E-state index is 0.0904. The highest BCUT2D eigenvalue weighted by Crippen LogP contribution is 2.52. The lowest BCUT2D eigenvalue weighted by molar-refractivity contribution is -0.0124. The first kappa shape index (κ1) is 22.6. The summed E-state index contributed by atoms with van der Waals surface area (Å²) in [6.45, 7) is 4.25. The minimum atomic E-state index is -0.238. The highest BCUT2D eigenvalue weighted by molar-refractivity contribution is 5.94. The predicted molar refractivity (Wildman–Crippen MR) is 129 cm³/mol. The van der Waals surface area contributed by atoms with Crippen LogP contribution < -0.4 is 5.32 Å². The van der Waals surface area contributed by atoms with Crippen molar-refractivity contribution < 1.29 is 18.7 Å². The molecule has 0 saturated carbocycles. The highest BCUT2D eigenvalue weighted by atomic mass is 16.5. The van der Waals surface area contributed by atoms with Crippen LogP contribution in [0.3, 0.4) is 0 Å². The van der Waals surface area contributed by atoms with Gasteiger partial charge in [0.15, 0.2) is 11.5 Å². The number of furan rings is 1. The van der Waals surface area contributed by atoms with Gasteiger partial charge in [0.1, 0.15) is 0 Å². The molecule has 3 aromatic rings. The standard InChI is InChI=1S/C28H30N2O4/c1-19(31)21-8-5-7-20(17-21)18-30-14-12-28(13-15-30)23-10-4-3-9-22(23)25(26(28)33-2)29-27(32)24-11-6-16-34-24/h3-11,16-17,25-26H,12-15,18H2,1-2H3,(H,29,32)/t25-,26+/m1/s1. The van der Waals surface area contributed by atoms with E-state index < -0.39 is 0 Å². The van der Waals surface area contributed by atoms with Crippen LogP contribution in [0, 0.1) is 0 Å². The van der Waals surface area contributed by atoms with Gasteiger partial charge >= 0.3 is 0 Å². The summed E-state index contributed by atoms with van der Waals surface area (Å²) < 4.78 is 11.4. The molecule has 0 radical (unpaired) electrons. The lowest BCUT2D eigenvalue weighted by atomic mass is 9.71. The number of nitrogens with one attached hydrogen (secondary N) is 1. The number of hydrogen-bond donors (Lipinski definition) is 1. The van der Waals surface area contributed by atoms with Crippen molar-refractivity contribution in [2.75, 3.05) is 20.2 Å². The summed E-state index contributed by atoms with van der Waals surface area (Å²) in [4.78, 5) is 27.0. The van der Waals surface area contributed by atoms with Crippen LogP contribution in [-0.2, 0) is 16.7 Å². The van der Waals surface area contributed by atoms with E-state index in [0.717, 1.165) is 49.2 Å². The summed E-state index contributed by atoms with van der Waals surface area (Å²) in [5.74, 6) is 0.162. The van der Waals surface area contributed by atoms with Gasteiger partial charge in [-0.3, -0.25) is 14.5 Å². The van der Waals surface area contributed by atoms with Crippen LogP contribution in [0.15, 0.2) is 71.3 Å². The van der Waals surface area contributed by atoms with E-state index in [1.165, 1.54) is 11.8 Å². The zero-order chi connectivity index (χ0) is 23.7. The van der Waals surface area contributed by atoms with Crippen molar-refractivity contribution in [2.45, 2.75) is 43.9 Å². The van der Waals surface area contributed by atoms with E-state index in [2.05, 4.69) is 34.5 Å². The van der Waals surface area contributed by atoms with Crippen molar-refractivity contribution in [3.8, 4) is 0 Å². The van der Waals surface area contributed by atoms with E-state index in [0.29, 0.717) is 5.76 Å². The topological polar surface area (TPSA) is 71.8 Å². The molecule has 1 amide bonds. The maximum Gasteiger partial charge on any atom is 0.287 e. The number of carbonyl (C=O) groups is 2. The van der Waals surface area contributed by atoms with Crippen LogP contribution in [0.2, 0.25) is 0 Å². The smallest absolute Gasteiger partial charge is 0.287 e. The van der Waals surface area contributed by atoms with E-state index in [1.54, 1.807) is 26.2 Å². The SMILES string of the molecule is CO[C@H]1[C@H](NC(=O)c2ccco2)c2ccccc2C12CCN(Cc1cccc(C(C)=O)c1)CC2. The van der Waals surface area contributed by atoms with Gasteiger partial charge in [0.25, 0.3) is 5.91 Å². The number of carbonyl (C=O) groups excluding carboxylic acids is 2. The summed E-state index contributed by atoms with van der Waals surface area (Å²) in [6.07, 6.45) is 3.21. The maximum atomic E-state index is 12.8. The number of piperidine rings is 1. The fraction of sp³-hybridized carbons (Fsp3) is 0.357. The van der Waals surface area contributed by atoms with Gasteiger partial charge in [-0.2, -0.15) is 0 Å². The van der Waals surface area contributed by atoms with Crippen LogP contribution >= 0.6 is 0 Å². The van der Waals surface area contributed by atoms with Gasteiger partial charge in [0, 0.05) is 24.6 Å². The molecule has 1 N–H and O–H groups in total. The second-order valence-corrected chi connectivity index (χ2v) is 9.36. The Labute approximate surface area is 199 Å². The number of Topliss-reactive ketones (excluding diaryl/α,β-unsaturated/α-hetero) is 1. The summed E-state index contributed by atoms with van der Waals surface area (Å²) >= 11 is 0. The summed E-state index contributed by atoms with van der Waals surface area (Å²) in [6, 6.07) is 19.4. The lowest BCUT2D eigenvalue weighted by Gasteiger charge is -2.44. The fourth-order valence-corrected chi connectivity index (χ4v) is 5.80. The first-order valence-corrected chi connectivity index (χ1v) is 11.8. The molecule has 1 saturated heterocycles. The van der Waals surface area contributed by atoms with Crippen LogP contribution in [0.5, 0.6) is 0 Å². The Bertz CT molecular complexity index is 1180. The Morgan fingerprint density at radius 3 is 2.59 bits per heavy atom. The molecule has 5 rings (SSSR count). The fourth-order valence-electron chi connectivity index (χ4n) is 5.80. The van der Waals surface area contributed by atoms with Gasteiger partial charge in [-0.1, -0.05) is 42.5 Å². The van der Waals surface area contributed by atoms with E-state index in [-0.39, 0.29) is 29.3 Å². The largest absolute Gasteiger partial charge is 0.459 e. The van der Waals surface area contributed by atoms with Gasteiger partial charge in [-0.25, -0.2) is 0 Å². The molecule has 6 nitrogen and oxygen atoms in total. The Balaban J connectivity index is 1.36. The molecule has 2 aromatic carbocycles. The zero-order valence-corrected chi connectivity index (χ0v) is 19.6. The Morgan fingerprint density at radius 2 is 1.88 bits per heavy atom. The number of ether oxygens (including phenoxy) is 1. The molecule has 1 aliphatic heterocycles. The maximum absolute atomic E-state index is 12.8. The quantitative estimate of drug-likeness (QED) is 0.550. The number of benzene rings is 2. The third kappa shape index (κ3) is 3.97. The average molecular weight is 459 g/mol. The van der Waals surface area contributed by atoms with Crippen molar-refractivity contribution in [1.29, 1.82) is 0 Å². The van der Waals surface area contributed by atoms with Crippen molar-refractivity contribution in [1.82, 2.24) is 10.2 Å². The number of hydrogen-bond acceptors (Lipinski definition) is 5. The Morgan fingerprint density at radius 1 is 1.09 bits per heavy atom. The Kier molecular flexibility index (Phi) is 6.11. The number of fused-ring (bicyclic) bond motifs is 2. The first-order chi connectivity index (χ1) is 16.5. The van der Waals surface area contributed by atoms with Crippen LogP contribution in [0.25, 0.3) is 0 Å². The molecule has 6 heteroatoms. The van der Waals surface area contributed by atoms with E-state index in [1.807, 2.05) is 24.3 Å². The van der Waals surface area contributed by atoms with Crippen molar-refractivity contribution in [2.24, 2.45) is 0 Å². The molecule has 2 atom stereocenters. The zero-order valence-electron chi connectivity index (χ0n) is 19.6. The molecular formula is C28H30N2O4. The van der Waals surface area contributed by atoms with Gasteiger partial charge in [0.2, 0.25) is 0 Å². The number of amides is 1. The third-order valence-electron chi connectivity index (χ3n) is 7.45. The number of nitrogens with zero attached hydrogens (tertiary/aromatic N) is 1. The van der Waals surface area contributed by atoms with Crippen molar-refractivity contribution in [3.05, 3.63) is 94.9 Å². The van der Waals surface area contributed by atoms with Gasteiger partial charge in [0.05, 0.1) is 18.4 Å².